The van der Waals surface area contributed by atoms with Gasteiger partial charge in [0.05, 0.1) is 27.5 Å². The number of rotatable bonds is 9. The molecule has 38 heavy (non-hydrogen) atoms. The Bertz CT molecular complexity index is 1160. The number of nitrogens with two attached hydrogens (primary N) is 1. The van der Waals surface area contributed by atoms with Gasteiger partial charge in [0.25, 0.3) is 0 Å². The lowest BCUT2D eigenvalue weighted by Gasteiger charge is -2.30. The Morgan fingerprint density at radius 1 is 1.16 bits per heavy atom. The zero-order chi connectivity index (χ0) is 28.2. The number of hydrazine groups is 1. The molecule has 5 N–H and O–H groups in total. The first-order valence-corrected chi connectivity index (χ1v) is 13.7. The van der Waals surface area contributed by atoms with Gasteiger partial charge in [0, 0.05) is 38.3 Å². The molecule has 2 amide bonds. The number of carbonyl (C=O) groups excluding carboxylic acids is 2. The number of carbonyl (C=O) groups is 2. The van der Waals surface area contributed by atoms with E-state index in [1.54, 1.807) is 25.1 Å². The average Bonchev–Trinajstić information content (AvgIpc) is 3.34. The fourth-order valence-corrected chi connectivity index (χ4v) is 4.96. The van der Waals surface area contributed by atoms with E-state index in [0.717, 1.165) is 42.6 Å². The second-order valence-electron chi connectivity index (χ2n) is 11.0. The number of nitrogen functional groups attached to an aromatic ring is 1. The van der Waals surface area contributed by atoms with Crippen molar-refractivity contribution in [1.82, 2.24) is 15.6 Å². The standard InChI is InChI=1S/C28H40Cl2N6O2/c1-7-22(33-34-23-13-17(10-11-19(23)29)16-32-27(38)28(2,3)4)18-14-20(30)25(15-21(18)31)36-12-8-9-24(36)26(37)35(5)6/h10-11,13-15,22,24,33-34H,7-9,12,16,31H2,1-6H3,(H,32,38). The van der Waals surface area contributed by atoms with E-state index < -0.39 is 5.41 Å². The van der Waals surface area contributed by atoms with Crippen molar-refractivity contribution in [3.63, 3.8) is 0 Å². The summed E-state index contributed by atoms with van der Waals surface area (Å²) >= 11 is 13.2. The molecule has 0 spiro atoms. The minimum absolute atomic E-state index is 0.0201. The molecule has 2 atom stereocenters. The van der Waals surface area contributed by atoms with E-state index in [1.807, 2.05) is 52.0 Å². The van der Waals surface area contributed by atoms with E-state index in [-0.39, 0.29) is 23.9 Å². The first-order valence-electron chi connectivity index (χ1n) is 13.0. The van der Waals surface area contributed by atoms with Crippen molar-refractivity contribution in [2.45, 2.75) is 65.6 Å². The number of nitrogens with zero attached hydrogens (tertiary/aromatic N) is 2. The molecule has 0 radical (unpaired) electrons. The second-order valence-corrected chi connectivity index (χ2v) is 11.8. The molecule has 1 fully saturated rings. The molecule has 2 unspecified atom stereocenters. The van der Waals surface area contributed by atoms with Crippen LogP contribution in [0, 0.1) is 5.41 Å². The summed E-state index contributed by atoms with van der Waals surface area (Å²) in [4.78, 5) is 28.6. The Morgan fingerprint density at radius 3 is 2.50 bits per heavy atom. The van der Waals surface area contributed by atoms with Crippen molar-refractivity contribution in [2.24, 2.45) is 5.41 Å². The van der Waals surface area contributed by atoms with Crippen molar-refractivity contribution < 1.29 is 9.59 Å². The predicted molar refractivity (Wildman–Crippen MR) is 157 cm³/mol. The van der Waals surface area contributed by atoms with Gasteiger partial charge in [-0.3, -0.25) is 9.59 Å². The molecule has 1 heterocycles. The topological polar surface area (TPSA) is 103 Å². The molecule has 2 aromatic rings. The molecule has 3 rings (SSSR count). The number of hydrogen-bond donors (Lipinski definition) is 4. The Balaban J connectivity index is 1.75. The Hall–Kier alpha value is -2.68. The van der Waals surface area contributed by atoms with Gasteiger partial charge in [0.15, 0.2) is 0 Å². The summed E-state index contributed by atoms with van der Waals surface area (Å²) in [7, 11) is 3.54. The summed E-state index contributed by atoms with van der Waals surface area (Å²) in [6.45, 7) is 8.84. The zero-order valence-corrected chi connectivity index (χ0v) is 24.6. The first kappa shape index (κ1) is 29.9. The van der Waals surface area contributed by atoms with Crippen LogP contribution in [0.4, 0.5) is 17.1 Å². The number of nitrogens with one attached hydrogen (secondary N) is 3. The third kappa shape index (κ3) is 7.04. The van der Waals surface area contributed by atoms with Crippen LogP contribution in [0.2, 0.25) is 10.0 Å². The van der Waals surface area contributed by atoms with Crippen LogP contribution in [0.25, 0.3) is 0 Å². The van der Waals surface area contributed by atoms with Crippen LogP contribution in [-0.2, 0) is 16.1 Å². The van der Waals surface area contributed by atoms with Gasteiger partial charge in [-0.2, -0.15) is 0 Å². The molecule has 8 nitrogen and oxygen atoms in total. The molecule has 1 aliphatic rings. The van der Waals surface area contributed by atoms with E-state index >= 15 is 0 Å². The van der Waals surface area contributed by atoms with Gasteiger partial charge in [-0.05, 0) is 54.7 Å². The predicted octanol–water partition coefficient (Wildman–Crippen LogP) is 5.36. The zero-order valence-electron chi connectivity index (χ0n) is 23.1. The van der Waals surface area contributed by atoms with Gasteiger partial charge in [0.1, 0.15) is 6.04 Å². The molecule has 1 aliphatic heterocycles. The van der Waals surface area contributed by atoms with E-state index in [4.69, 9.17) is 28.9 Å². The van der Waals surface area contributed by atoms with Crippen LogP contribution in [0.1, 0.15) is 64.1 Å². The third-order valence-corrected chi connectivity index (χ3v) is 7.40. The number of halogens is 2. The maximum atomic E-state index is 12.7. The van der Waals surface area contributed by atoms with Gasteiger partial charge in [0.2, 0.25) is 11.8 Å². The highest BCUT2D eigenvalue weighted by molar-refractivity contribution is 6.33. The van der Waals surface area contributed by atoms with Crippen LogP contribution >= 0.6 is 23.2 Å². The maximum absolute atomic E-state index is 12.7. The molecular formula is C28H40Cl2N6O2. The molecule has 0 saturated carbocycles. The van der Waals surface area contributed by atoms with E-state index in [9.17, 15) is 9.59 Å². The summed E-state index contributed by atoms with van der Waals surface area (Å²) in [5.41, 5.74) is 16.4. The SMILES string of the molecule is CCC(NNc1cc(CNC(=O)C(C)(C)C)ccc1Cl)c1cc(Cl)c(N2CCCC2C(=O)N(C)C)cc1N. The molecule has 1 saturated heterocycles. The molecule has 208 valence electrons. The van der Waals surface area contributed by atoms with Crippen molar-refractivity contribution in [3.05, 3.63) is 51.5 Å². The fraction of sp³-hybridized carbons (Fsp3) is 0.500. The van der Waals surface area contributed by atoms with Crippen LogP contribution in [0.3, 0.4) is 0 Å². The second kappa shape index (κ2) is 12.5. The lowest BCUT2D eigenvalue weighted by molar-refractivity contribution is -0.130. The third-order valence-electron chi connectivity index (χ3n) is 6.77. The summed E-state index contributed by atoms with van der Waals surface area (Å²) in [5.74, 6) is 0.0452. The minimum atomic E-state index is -0.461. The Kier molecular flexibility index (Phi) is 9.79. The molecule has 10 heteroatoms. The lowest BCUT2D eigenvalue weighted by atomic mass is 9.95. The highest BCUT2D eigenvalue weighted by Gasteiger charge is 2.33. The Morgan fingerprint density at radius 2 is 1.87 bits per heavy atom. The van der Waals surface area contributed by atoms with E-state index in [2.05, 4.69) is 21.1 Å². The average molecular weight is 564 g/mol. The Labute approximate surface area is 236 Å². The number of benzene rings is 2. The van der Waals surface area contributed by atoms with Crippen LogP contribution < -0.4 is 26.8 Å². The highest BCUT2D eigenvalue weighted by atomic mass is 35.5. The number of hydrogen-bond acceptors (Lipinski definition) is 6. The molecular weight excluding hydrogens is 523 g/mol. The van der Waals surface area contributed by atoms with Crippen molar-refractivity contribution in [2.75, 3.05) is 36.7 Å². The maximum Gasteiger partial charge on any atom is 0.244 e. The largest absolute Gasteiger partial charge is 0.398 e. The first-order chi connectivity index (χ1) is 17.8. The number of likely N-dealkylation sites (N-methyl/N-ethyl adjacent to an activating group) is 1. The van der Waals surface area contributed by atoms with Gasteiger partial charge in [-0.15, -0.1) is 0 Å². The highest BCUT2D eigenvalue weighted by Crippen LogP contribution is 2.38. The molecule has 0 aromatic heterocycles. The molecule has 0 aliphatic carbocycles. The van der Waals surface area contributed by atoms with Crippen LogP contribution in [0.5, 0.6) is 0 Å². The van der Waals surface area contributed by atoms with Gasteiger partial charge in [-0.1, -0.05) is 57.0 Å². The normalized spacial score (nSPS) is 16.3. The number of anilines is 3. The quantitative estimate of drug-likeness (QED) is 0.242. The van der Waals surface area contributed by atoms with Crippen molar-refractivity contribution in [3.8, 4) is 0 Å². The monoisotopic (exact) mass is 562 g/mol. The lowest BCUT2D eigenvalue weighted by Crippen LogP contribution is -2.43. The van der Waals surface area contributed by atoms with Crippen molar-refractivity contribution >= 4 is 52.1 Å². The summed E-state index contributed by atoms with van der Waals surface area (Å²) < 4.78 is 0. The summed E-state index contributed by atoms with van der Waals surface area (Å²) in [5, 5.41) is 4.06. The van der Waals surface area contributed by atoms with E-state index in [0.29, 0.717) is 28.0 Å². The van der Waals surface area contributed by atoms with Crippen LogP contribution in [-0.4, -0.2) is 43.4 Å². The van der Waals surface area contributed by atoms with Gasteiger partial charge >= 0.3 is 0 Å². The molecule has 2 aromatic carbocycles. The fourth-order valence-electron chi connectivity index (χ4n) is 4.52. The van der Waals surface area contributed by atoms with Gasteiger partial charge < -0.3 is 26.3 Å². The smallest absolute Gasteiger partial charge is 0.244 e. The summed E-state index contributed by atoms with van der Waals surface area (Å²) in [6.07, 6.45) is 2.44. The number of amides is 2. The van der Waals surface area contributed by atoms with Crippen LogP contribution in [0.15, 0.2) is 30.3 Å². The van der Waals surface area contributed by atoms with E-state index in [1.165, 1.54) is 0 Å². The summed E-state index contributed by atoms with van der Waals surface area (Å²) in [6, 6.07) is 8.94. The molecule has 0 bridgehead atoms. The minimum Gasteiger partial charge on any atom is -0.398 e. The van der Waals surface area contributed by atoms with Crippen molar-refractivity contribution in [1.29, 1.82) is 0 Å². The van der Waals surface area contributed by atoms with Gasteiger partial charge in [-0.25, -0.2) is 5.43 Å².